The van der Waals surface area contributed by atoms with Gasteiger partial charge in [0.25, 0.3) is 0 Å². The van der Waals surface area contributed by atoms with E-state index in [0.29, 0.717) is 6.61 Å². The molecule has 0 saturated carbocycles. The number of ether oxygens (including phenoxy) is 1. The summed E-state index contributed by atoms with van der Waals surface area (Å²) in [5.74, 6) is -0.202. The molecule has 2 heterocycles. The lowest BCUT2D eigenvalue weighted by Gasteiger charge is -2.34. The Hall–Kier alpha value is -1.97. The monoisotopic (exact) mass is 300 g/mol. The van der Waals surface area contributed by atoms with E-state index in [1.807, 2.05) is 20.2 Å². The van der Waals surface area contributed by atoms with Gasteiger partial charge in [0, 0.05) is 37.9 Å². The number of hydrogen-bond donors (Lipinski definition) is 0. The van der Waals surface area contributed by atoms with E-state index in [2.05, 4.69) is 48.0 Å². The number of carbonyl (C=O) groups excluding carboxylic acids is 1. The number of para-hydroxylation sites is 1. The van der Waals surface area contributed by atoms with Gasteiger partial charge in [-0.1, -0.05) is 25.1 Å². The van der Waals surface area contributed by atoms with Crippen LogP contribution >= 0.6 is 0 Å². The second-order valence-corrected chi connectivity index (χ2v) is 6.48. The van der Waals surface area contributed by atoms with Crippen molar-refractivity contribution in [1.29, 1.82) is 0 Å². The third-order valence-electron chi connectivity index (χ3n) is 5.04. The van der Waals surface area contributed by atoms with Crippen molar-refractivity contribution < 1.29 is 9.53 Å². The number of esters is 1. The Balaban J connectivity index is 2.12. The van der Waals surface area contributed by atoms with Gasteiger partial charge in [0.2, 0.25) is 0 Å². The molecule has 0 saturated heterocycles. The van der Waals surface area contributed by atoms with Crippen LogP contribution in [0.2, 0.25) is 0 Å². The lowest BCUT2D eigenvalue weighted by Crippen LogP contribution is -2.44. The maximum absolute atomic E-state index is 12.5. The first-order valence-electron chi connectivity index (χ1n) is 7.90. The molecular formula is C18H24N2O2. The third-order valence-corrected chi connectivity index (χ3v) is 5.04. The molecule has 118 valence electrons. The quantitative estimate of drug-likeness (QED) is 0.786. The molecule has 1 aromatic carbocycles. The van der Waals surface area contributed by atoms with Crippen LogP contribution in [0.1, 0.15) is 25.8 Å². The molecule has 0 radical (unpaired) electrons. The normalized spacial score (nSPS) is 26.9. The van der Waals surface area contributed by atoms with Crippen LogP contribution in [0.25, 0.3) is 0 Å². The van der Waals surface area contributed by atoms with Crippen LogP contribution in [0.3, 0.4) is 0 Å². The first-order chi connectivity index (χ1) is 10.5. The van der Waals surface area contributed by atoms with Gasteiger partial charge in [-0.25, -0.2) is 4.79 Å². The molecule has 3 rings (SSSR count). The van der Waals surface area contributed by atoms with E-state index in [1.54, 1.807) is 0 Å². The lowest BCUT2D eigenvalue weighted by atomic mass is 9.73. The van der Waals surface area contributed by atoms with Crippen molar-refractivity contribution >= 4 is 11.7 Å². The fraction of sp³-hybridized carbons (Fsp3) is 0.500. The van der Waals surface area contributed by atoms with E-state index < -0.39 is 0 Å². The minimum atomic E-state index is -0.202. The molecule has 1 aromatic rings. The molecule has 2 aliphatic heterocycles. The number of hydrogen-bond acceptors (Lipinski definition) is 4. The van der Waals surface area contributed by atoms with E-state index in [0.717, 1.165) is 18.5 Å². The van der Waals surface area contributed by atoms with Crippen molar-refractivity contribution in [3.63, 3.8) is 0 Å². The number of fused-ring (bicyclic) bond motifs is 3. The van der Waals surface area contributed by atoms with Gasteiger partial charge in [-0.2, -0.15) is 0 Å². The number of nitrogens with zero attached hydrogens (tertiary/aromatic N) is 2. The predicted octanol–water partition coefficient (Wildman–Crippen LogP) is 2.55. The average Bonchev–Trinajstić information content (AvgIpc) is 2.63. The van der Waals surface area contributed by atoms with Gasteiger partial charge in [0.15, 0.2) is 0 Å². The van der Waals surface area contributed by atoms with E-state index in [4.69, 9.17) is 4.74 Å². The fourth-order valence-corrected chi connectivity index (χ4v) is 3.96. The largest absolute Gasteiger partial charge is 0.463 e. The molecule has 4 nitrogen and oxygen atoms in total. The maximum Gasteiger partial charge on any atom is 0.337 e. The highest BCUT2D eigenvalue weighted by molar-refractivity contribution is 5.92. The molecule has 0 aliphatic carbocycles. The van der Waals surface area contributed by atoms with Gasteiger partial charge in [-0.3, -0.25) is 0 Å². The van der Waals surface area contributed by atoms with Crippen molar-refractivity contribution in [2.75, 3.05) is 32.1 Å². The Labute approximate surface area is 132 Å². The van der Waals surface area contributed by atoms with Gasteiger partial charge in [0.05, 0.1) is 18.2 Å². The smallest absolute Gasteiger partial charge is 0.337 e. The highest BCUT2D eigenvalue weighted by atomic mass is 16.5. The summed E-state index contributed by atoms with van der Waals surface area (Å²) in [4.78, 5) is 16.9. The number of anilines is 1. The molecule has 0 spiro atoms. The predicted molar refractivity (Wildman–Crippen MR) is 87.9 cm³/mol. The van der Waals surface area contributed by atoms with Crippen LogP contribution in [0.5, 0.6) is 0 Å². The molecule has 0 aromatic heterocycles. The zero-order valence-corrected chi connectivity index (χ0v) is 13.8. The first-order valence-corrected chi connectivity index (χ1v) is 7.90. The van der Waals surface area contributed by atoms with Crippen molar-refractivity contribution in [1.82, 2.24) is 4.90 Å². The molecule has 0 N–H and O–H groups in total. The van der Waals surface area contributed by atoms with Crippen LogP contribution in [0.4, 0.5) is 5.69 Å². The van der Waals surface area contributed by atoms with Gasteiger partial charge in [0.1, 0.15) is 0 Å². The summed E-state index contributed by atoms with van der Waals surface area (Å²) in [6, 6.07) is 8.50. The summed E-state index contributed by atoms with van der Waals surface area (Å²) in [6.45, 7) is 5.45. The maximum atomic E-state index is 12.5. The van der Waals surface area contributed by atoms with E-state index in [9.17, 15) is 4.79 Å². The number of rotatable bonds is 2. The second kappa shape index (κ2) is 5.34. The molecule has 4 heteroatoms. The summed E-state index contributed by atoms with van der Waals surface area (Å²) in [5.41, 5.74) is 3.22. The minimum Gasteiger partial charge on any atom is -0.463 e. The van der Waals surface area contributed by atoms with Crippen LogP contribution in [-0.4, -0.2) is 44.2 Å². The molecule has 2 aliphatic rings. The SMILES string of the molecule is CCOC(=O)C1=CN(C)CC[C@@]2(C)c3ccccc3N(C)[C@@H]12. The highest BCUT2D eigenvalue weighted by Gasteiger charge is 2.50. The van der Waals surface area contributed by atoms with Gasteiger partial charge in [-0.05, 0) is 25.0 Å². The Kier molecular flexibility index (Phi) is 3.63. The first kappa shape index (κ1) is 14.9. The zero-order valence-electron chi connectivity index (χ0n) is 13.8. The van der Waals surface area contributed by atoms with Crippen LogP contribution in [0, 0.1) is 0 Å². The molecule has 0 unspecified atom stereocenters. The highest BCUT2D eigenvalue weighted by Crippen LogP contribution is 2.50. The summed E-state index contributed by atoms with van der Waals surface area (Å²) >= 11 is 0. The molecular weight excluding hydrogens is 276 g/mol. The van der Waals surface area contributed by atoms with Crippen LogP contribution in [0.15, 0.2) is 36.0 Å². The second-order valence-electron chi connectivity index (χ2n) is 6.48. The standard InChI is InChI=1S/C18H24N2O2/c1-5-22-17(21)13-12-19(3)11-10-18(2)14-8-6-7-9-15(14)20(4)16(13)18/h6-9,12,16H,5,10-11H2,1-4H3/t16-,18-/m0/s1. The zero-order chi connectivity index (χ0) is 15.9. The Morgan fingerprint density at radius 3 is 2.82 bits per heavy atom. The number of likely N-dealkylation sites (N-methyl/N-ethyl adjacent to an activating group) is 1. The topological polar surface area (TPSA) is 32.8 Å². The third kappa shape index (κ3) is 2.09. The van der Waals surface area contributed by atoms with Crippen molar-refractivity contribution in [3.8, 4) is 0 Å². The molecule has 0 fully saturated rings. The summed E-state index contributed by atoms with van der Waals surface area (Å²) < 4.78 is 5.33. The summed E-state index contributed by atoms with van der Waals surface area (Å²) in [6.07, 6.45) is 2.98. The van der Waals surface area contributed by atoms with Gasteiger partial charge in [-0.15, -0.1) is 0 Å². The van der Waals surface area contributed by atoms with Crippen LogP contribution in [-0.2, 0) is 14.9 Å². The van der Waals surface area contributed by atoms with Crippen molar-refractivity contribution in [3.05, 3.63) is 41.6 Å². The fourth-order valence-electron chi connectivity index (χ4n) is 3.96. The van der Waals surface area contributed by atoms with Crippen molar-refractivity contribution in [2.45, 2.75) is 31.7 Å². The molecule has 0 amide bonds. The van der Waals surface area contributed by atoms with Crippen LogP contribution < -0.4 is 4.90 Å². The summed E-state index contributed by atoms with van der Waals surface area (Å²) in [7, 11) is 4.10. The van der Waals surface area contributed by atoms with Gasteiger partial charge >= 0.3 is 5.97 Å². The lowest BCUT2D eigenvalue weighted by molar-refractivity contribution is -0.139. The number of benzene rings is 1. The van der Waals surface area contributed by atoms with E-state index >= 15 is 0 Å². The van der Waals surface area contributed by atoms with Gasteiger partial charge < -0.3 is 14.5 Å². The average molecular weight is 300 g/mol. The number of carbonyl (C=O) groups is 1. The molecule has 22 heavy (non-hydrogen) atoms. The van der Waals surface area contributed by atoms with Crippen molar-refractivity contribution in [2.24, 2.45) is 0 Å². The minimum absolute atomic E-state index is 0.0221. The van der Waals surface area contributed by atoms with E-state index in [1.165, 1.54) is 11.3 Å². The Morgan fingerprint density at radius 1 is 1.36 bits per heavy atom. The van der Waals surface area contributed by atoms with E-state index in [-0.39, 0.29) is 17.4 Å². The summed E-state index contributed by atoms with van der Waals surface area (Å²) in [5, 5.41) is 0. The molecule has 0 bridgehead atoms. The Morgan fingerprint density at radius 2 is 2.09 bits per heavy atom. The molecule has 2 atom stereocenters. The Bertz CT molecular complexity index is 625.